The van der Waals surface area contributed by atoms with Gasteiger partial charge in [-0.2, -0.15) is 0 Å². The molecule has 1 aromatic carbocycles. The molecule has 0 saturated carbocycles. The van der Waals surface area contributed by atoms with E-state index in [0.717, 1.165) is 0 Å². The van der Waals surface area contributed by atoms with Crippen LogP contribution < -0.4 is 15.8 Å². The van der Waals surface area contributed by atoms with Crippen LogP contribution in [0, 0.1) is 10.1 Å². The van der Waals surface area contributed by atoms with E-state index in [-0.39, 0.29) is 11.4 Å². The Morgan fingerprint density at radius 1 is 1.39 bits per heavy atom. The van der Waals surface area contributed by atoms with E-state index in [1.807, 2.05) is 5.32 Å². The van der Waals surface area contributed by atoms with Crippen molar-refractivity contribution >= 4 is 17.6 Å². The molecule has 0 aliphatic heterocycles. The van der Waals surface area contributed by atoms with Crippen molar-refractivity contribution in [2.24, 2.45) is 5.73 Å². The summed E-state index contributed by atoms with van der Waals surface area (Å²) in [4.78, 5) is 31.6. The number of nitrogens with one attached hydrogen (secondary N) is 1. The summed E-state index contributed by atoms with van der Waals surface area (Å²) >= 11 is 0. The maximum absolute atomic E-state index is 11.3. The molecule has 3 N–H and O–H groups in total. The van der Waals surface area contributed by atoms with Crippen LogP contribution in [0.25, 0.3) is 0 Å². The predicted molar refractivity (Wildman–Crippen MR) is 60.9 cm³/mol. The minimum atomic E-state index is -0.973. The first kappa shape index (κ1) is 13.4. The van der Waals surface area contributed by atoms with Crippen LogP contribution in [0.3, 0.4) is 0 Å². The highest BCUT2D eigenvalue weighted by Gasteiger charge is 2.16. The Hall–Kier alpha value is -2.64. The van der Waals surface area contributed by atoms with Gasteiger partial charge in [0, 0.05) is 12.1 Å². The molecule has 8 nitrogen and oxygen atoms in total. The number of nitrogens with zero attached hydrogens (tertiary/aromatic N) is 1. The van der Waals surface area contributed by atoms with E-state index in [0.29, 0.717) is 0 Å². The number of nitro groups is 1. The van der Waals surface area contributed by atoms with E-state index in [2.05, 4.69) is 0 Å². The molecule has 1 rings (SSSR count). The molecule has 3 amide bonds. The number of amides is 3. The number of primary amides is 1. The normalized spacial score (nSPS) is 11.4. The van der Waals surface area contributed by atoms with Crippen molar-refractivity contribution in [1.82, 2.24) is 5.32 Å². The van der Waals surface area contributed by atoms with Crippen LogP contribution in [0.2, 0.25) is 0 Å². The number of carbonyl (C=O) groups is 2. The number of imide groups is 1. The molecule has 8 heteroatoms. The highest BCUT2D eigenvalue weighted by molar-refractivity contribution is 5.95. The molecule has 0 unspecified atom stereocenters. The van der Waals surface area contributed by atoms with Gasteiger partial charge in [0.25, 0.3) is 11.6 Å². The molecule has 1 aromatic rings. The third-order valence-electron chi connectivity index (χ3n) is 1.98. The average molecular weight is 253 g/mol. The Morgan fingerprint density at radius 2 is 1.94 bits per heavy atom. The maximum atomic E-state index is 11.3. The van der Waals surface area contributed by atoms with Gasteiger partial charge in [-0.1, -0.05) is 0 Å². The van der Waals surface area contributed by atoms with Crippen LogP contribution >= 0.6 is 0 Å². The standard InChI is InChI=1S/C10H11N3O5/c1-6(9(14)12-10(11)15)18-8-4-2-7(3-5-8)13(16)17/h2-6H,1H3,(H3,11,12,14,15)/t6-/m1/s1. The lowest BCUT2D eigenvalue weighted by atomic mass is 10.3. The van der Waals surface area contributed by atoms with Crippen LogP contribution in [0.4, 0.5) is 10.5 Å². The fourth-order valence-electron chi connectivity index (χ4n) is 1.13. The van der Waals surface area contributed by atoms with Crippen molar-refractivity contribution in [2.75, 3.05) is 0 Å². The molecule has 0 heterocycles. The van der Waals surface area contributed by atoms with E-state index in [1.54, 1.807) is 0 Å². The smallest absolute Gasteiger partial charge is 0.318 e. The first-order valence-electron chi connectivity index (χ1n) is 4.91. The van der Waals surface area contributed by atoms with Crippen molar-refractivity contribution in [3.63, 3.8) is 0 Å². The zero-order valence-electron chi connectivity index (χ0n) is 9.45. The lowest BCUT2D eigenvalue weighted by molar-refractivity contribution is -0.384. The van der Waals surface area contributed by atoms with E-state index in [9.17, 15) is 19.7 Å². The Labute approximate surface area is 102 Å². The van der Waals surface area contributed by atoms with Gasteiger partial charge in [0.15, 0.2) is 6.10 Å². The van der Waals surface area contributed by atoms with Crippen molar-refractivity contribution in [3.8, 4) is 5.75 Å². The molecule has 0 aliphatic carbocycles. The zero-order valence-corrected chi connectivity index (χ0v) is 9.45. The van der Waals surface area contributed by atoms with Gasteiger partial charge in [-0.3, -0.25) is 20.2 Å². The van der Waals surface area contributed by atoms with Gasteiger partial charge in [-0.15, -0.1) is 0 Å². The second-order valence-corrected chi connectivity index (χ2v) is 3.36. The van der Waals surface area contributed by atoms with Crippen LogP contribution in [-0.4, -0.2) is 23.0 Å². The van der Waals surface area contributed by atoms with Crippen molar-refractivity contribution in [3.05, 3.63) is 34.4 Å². The monoisotopic (exact) mass is 253 g/mol. The average Bonchev–Trinajstić information content (AvgIpc) is 2.28. The summed E-state index contributed by atoms with van der Waals surface area (Å²) in [6.45, 7) is 1.42. The summed E-state index contributed by atoms with van der Waals surface area (Å²) in [6, 6.07) is 4.22. The first-order valence-corrected chi connectivity index (χ1v) is 4.91. The number of nitro benzene ring substituents is 1. The topological polar surface area (TPSA) is 125 Å². The zero-order chi connectivity index (χ0) is 13.7. The third kappa shape index (κ3) is 3.74. The summed E-state index contributed by atoms with van der Waals surface area (Å²) < 4.78 is 5.17. The van der Waals surface area contributed by atoms with Crippen LogP contribution in [0.15, 0.2) is 24.3 Å². The number of ether oxygens (including phenoxy) is 1. The van der Waals surface area contributed by atoms with Crippen molar-refractivity contribution in [1.29, 1.82) is 0 Å². The molecule has 1 atom stereocenters. The molecule has 0 saturated heterocycles. The summed E-state index contributed by atoms with van der Waals surface area (Å²) in [5.74, 6) is -0.423. The Balaban J connectivity index is 2.64. The number of nitrogens with two attached hydrogens (primary N) is 1. The fraction of sp³-hybridized carbons (Fsp3) is 0.200. The second-order valence-electron chi connectivity index (χ2n) is 3.36. The summed E-state index contributed by atoms with van der Waals surface area (Å²) in [5.41, 5.74) is 4.69. The van der Waals surface area contributed by atoms with Crippen LogP contribution in [0.1, 0.15) is 6.92 Å². The highest BCUT2D eigenvalue weighted by Crippen LogP contribution is 2.18. The molecule has 18 heavy (non-hydrogen) atoms. The van der Waals surface area contributed by atoms with Gasteiger partial charge in [0.2, 0.25) is 0 Å². The molecule has 0 aliphatic rings. The van der Waals surface area contributed by atoms with Gasteiger partial charge < -0.3 is 10.5 Å². The molecule has 0 aromatic heterocycles. The molecule has 0 bridgehead atoms. The predicted octanol–water partition coefficient (Wildman–Crippen LogP) is 0.557. The number of urea groups is 1. The van der Waals surface area contributed by atoms with E-state index < -0.39 is 23.0 Å². The quantitative estimate of drug-likeness (QED) is 0.599. The molecule has 0 radical (unpaired) electrons. The SMILES string of the molecule is C[C@@H](Oc1ccc([N+](=O)[O-])cc1)C(=O)NC(N)=O. The van der Waals surface area contributed by atoms with Crippen LogP contribution in [0.5, 0.6) is 5.75 Å². The van der Waals surface area contributed by atoms with Gasteiger partial charge in [-0.25, -0.2) is 4.79 Å². The summed E-state index contributed by atoms with van der Waals surface area (Å²) in [5, 5.41) is 12.3. The highest BCUT2D eigenvalue weighted by atomic mass is 16.6. The van der Waals surface area contributed by atoms with Crippen molar-refractivity contribution in [2.45, 2.75) is 13.0 Å². The first-order chi connectivity index (χ1) is 8.40. The maximum Gasteiger partial charge on any atom is 0.318 e. The molecule has 0 fully saturated rings. The summed E-state index contributed by atoms with van der Waals surface area (Å²) in [6.07, 6.45) is -0.945. The van der Waals surface area contributed by atoms with Crippen molar-refractivity contribution < 1.29 is 19.2 Å². The third-order valence-corrected chi connectivity index (χ3v) is 1.98. The molecule has 96 valence electrons. The number of rotatable bonds is 4. The second kappa shape index (κ2) is 5.62. The Kier molecular flexibility index (Phi) is 4.19. The van der Waals surface area contributed by atoms with Crippen LogP contribution in [-0.2, 0) is 4.79 Å². The molecular formula is C10H11N3O5. The number of carbonyl (C=O) groups excluding carboxylic acids is 2. The Bertz CT molecular complexity index is 471. The number of hydrogen-bond donors (Lipinski definition) is 2. The number of benzene rings is 1. The van der Waals surface area contributed by atoms with E-state index >= 15 is 0 Å². The number of hydrogen-bond acceptors (Lipinski definition) is 5. The van der Waals surface area contributed by atoms with E-state index in [1.165, 1.54) is 31.2 Å². The Morgan fingerprint density at radius 3 is 2.39 bits per heavy atom. The lowest BCUT2D eigenvalue weighted by Gasteiger charge is -2.12. The van der Waals surface area contributed by atoms with Gasteiger partial charge in [-0.05, 0) is 19.1 Å². The largest absolute Gasteiger partial charge is 0.481 e. The molecular weight excluding hydrogens is 242 g/mol. The molecule has 0 spiro atoms. The summed E-state index contributed by atoms with van der Waals surface area (Å²) in [7, 11) is 0. The fourth-order valence-corrected chi connectivity index (χ4v) is 1.13. The number of non-ortho nitro benzene ring substituents is 1. The minimum Gasteiger partial charge on any atom is -0.481 e. The van der Waals surface area contributed by atoms with Gasteiger partial charge >= 0.3 is 6.03 Å². The minimum absolute atomic E-state index is 0.0865. The van der Waals surface area contributed by atoms with Gasteiger partial charge in [0.05, 0.1) is 4.92 Å². The lowest BCUT2D eigenvalue weighted by Crippen LogP contribution is -2.42. The van der Waals surface area contributed by atoms with E-state index in [4.69, 9.17) is 10.5 Å². The van der Waals surface area contributed by atoms with Gasteiger partial charge in [0.1, 0.15) is 5.75 Å².